The summed E-state index contributed by atoms with van der Waals surface area (Å²) in [5.41, 5.74) is 3.73. The standard InChI is InChI=1S/C28H31N3O3S/c1-21-10-12-22(13-11-21)27(23-14-15-23)29-28(32)24-6-5-9-26(20-24)35(33,34)31-18-16-30(17-19-31)25-7-3-2-4-8-25/h2-13,20,23,27H,14-19H2,1H3,(H,29,32). The van der Waals surface area contributed by atoms with Crippen LogP contribution in [0.3, 0.4) is 0 Å². The van der Waals surface area contributed by atoms with Gasteiger partial charge in [0.25, 0.3) is 5.91 Å². The average molecular weight is 490 g/mol. The van der Waals surface area contributed by atoms with Crippen molar-refractivity contribution >= 4 is 21.6 Å². The number of aryl methyl sites for hydroxylation is 1. The molecule has 0 radical (unpaired) electrons. The van der Waals surface area contributed by atoms with Crippen LogP contribution in [-0.4, -0.2) is 44.8 Å². The van der Waals surface area contributed by atoms with Gasteiger partial charge in [-0.3, -0.25) is 4.79 Å². The predicted octanol–water partition coefficient (Wildman–Crippen LogP) is 4.39. The van der Waals surface area contributed by atoms with E-state index in [4.69, 9.17) is 0 Å². The average Bonchev–Trinajstić information content (AvgIpc) is 3.74. The third-order valence-corrected chi connectivity index (χ3v) is 8.81. The van der Waals surface area contributed by atoms with Gasteiger partial charge in [-0.25, -0.2) is 8.42 Å². The molecule has 2 fully saturated rings. The minimum absolute atomic E-state index is 0.0607. The van der Waals surface area contributed by atoms with E-state index in [1.54, 1.807) is 18.2 Å². The van der Waals surface area contributed by atoms with Crippen molar-refractivity contribution < 1.29 is 13.2 Å². The zero-order chi connectivity index (χ0) is 24.4. The zero-order valence-electron chi connectivity index (χ0n) is 19.9. The van der Waals surface area contributed by atoms with Gasteiger partial charge in [0.2, 0.25) is 10.0 Å². The number of piperazine rings is 1. The Morgan fingerprint density at radius 1 is 0.886 bits per heavy atom. The molecular formula is C28H31N3O3S. The fourth-order valence-corrected chi connectivity index (χ4v) is 6.14. The van der Waals surface area contributed by atoms with Crippen molar-refractivity contribution in [3.8, 4) is 0 Å². The van der Waals surface area contributed by atoms with Crippen LogP contribution < -0.4 is 10.2 Å². The quantitative estimate of drug-likeness (QED) is 0.535. The highest BCUT2D eigenvalue weighted by atomic mass is 32.2. The summed E-state index contributed by atoms with van der Waals surface area (Å²) in [7, 11) is -3.69. The van der Waals surface area contributed by atoms with Gasteiger partial charge in [-0.1, -0.05) is 54.1 Å². The van der Waals surface area contributed by atoms with Crippen molar-refractivity contribution in [2.75, 3.05) is 31.1 Å². The van der Waals surface area contributed by atoms with Crippen molar-refractivity contribution in [3.05, 3.63) is 95.6 Å². The molecule has 2 aliphatic rings. The van der Waals surface area contributed by atoms with Gasteiger partial charge in [0.05, 0.1) is 10.9 Å². The second-order valence-electron chi connectivity index (χ2n) is 9.45. The van der Waals surface area contributed by atoms with Crippen LogP contribution in [0.25, 0.3) is 0 Å². The molecule has 1 amide bonds. The van der Waals surface area contributed by atoms with E-state index >= 15 is 0 Å². The molecule has 1 aliphatic heterocycles. The Bertz CT molecular complexity index is 1280. The van der Waals surface area contributed by atoms with E-state index in [1.807, 2.05) is 37.3 Å². The number of sulfonamides is 1. The lowest BCUT2D eigenvalue weighted by atomic mass is 10.0. The van der Waals surface area contributed by atoms with Gasteiger partial charge >= 0.3 is 0 Å². The first kappa shape index (κ1) is 23.6. The Labute approximate surface area is 207 Å². The van der Waals surface area contributed by atoms with Crippen molar-refractivity contribution in [2.45, 2.75) is 30.7 Å². The van der Waals surface area contributed by atoms with Gasteiger partial charge < -0.3 is 10.2 Å². The number of para-hydroxylation sites is 1. The van der Waals surface area contributed by atoms with Crippen LogP contribution in [0.2, 0.25) is 0 Å². The summed E-state index contributed by atoms with van der Waals surface area (Å²) in [5.74, 6) is 0.183. The maximum absolute atomic E-state index is 13.4. The second kappa shape index (κ2) is 9.84. The zero-order valence-corrected chi connectivity index (χ0v) is 20.7. The first-order valence-corrected chi connectivity index (χ1v) is 13.6. The number of anilines is 1. The molecule has 1 unspecified atom stereocenters. The van der Waals surface area contributed by atoms with Crippen molar-refractivity contribution in [1.82, 2.24) is 9.62 Å². The van der Waals surface area contributed by atoms with Crippen LogP contribution in [0.4, 0.5) is 5.69 Å². The lowest BCUT2D eigenvalue weighted by Gasteiger charge is -2.35. The molecule has 3 aromatic carbocycles. The van der Waals surface area contributed by atoms with Gasteiger partial charge in [-0.05, 0) is 61.6 Å². The SMILES string of the molecule is Cc1ccc(C(NC(=O)c2cccc(S(=O)(=O)N3CCN(c4ccccc4)CC3)c2)C2CC2)cc1. The summed E-state index contributed by atoms with van der Waals surface area (Å²) in [6.07, 6.45) is 2.17. The summed E-state index contributed by atoms with van der Waals surface area (Å²) in [6.45, 7) is 4.11. The van der Waals surface area contributed by atoms with Crippen molar-refractivity contribution in [3.63, 3.8) is 0 Å². The van der Waals surface area contributed by atoms with Crippen molar-refractivity contribution in [2.24, 2.45) is 5.92 Å². The third-order valence-electron chi connectivity index (χ3n) is 6.91. The molecule has 6 nitrogen and oxygen atoms in total. The monoisotopic (exact) mass is 489 g/mol. The molecule has 35 heavy (non-hydrogen) atoms. The largest absolute Gasteiger partial charge is 0.369 e. The van der Waals surface area contributed by atoms with Crippen molar-refractivity contribution in [1.29, 1.82) is 0 Å². The van der Waals surface area contributed by atoms with Gasteiger partial charge in [-0.2, -0.15) is 4.31 Å². The summed E-state index contributed by atoms with van der Waals surface area (Å²) in [6, 6.07) is 24.6. The van der Waals surface area contributed by atoms with Gasteiger partial charge in [0, 0.05) is 37.4 Å². The number of hydrogen-bond acceptors (Lipinski definition) is 4. The normalized spacial score (nSPS) is 17.7. The molecule has 1 saturated heterocycles. The highest BCUT2D eigenvalue weighted by Crippen LogP contribution is 2.41. The Balaban J connectivity index is 1.29. The van der Waals surface area contributed by atoms with Crippen LogP contribution in [0.15, 0.2) is 83.8 Å². The minimum atomic E-state index is -3.69. The summed E-state index contributed by atoms with van der Waals surface area (Å²) >= 11 is 0. The Morgan fingerprint density at radius 3 is 2.23 bits per heavy atom. The number of nitrogens with zero attached hydrogens (tertiary/aromatic N) is 2. The molecule has 0 bridgehead atoms. The summed E-state index contributed by atoms with van der Waals surface area (Å²) in [4.78, 5) is 15.5. The van der Waals surface area contributed by atoms with Gasteiger partial charge in [0.1, 0.15) is 0 Å². The molecule has 5 rings (SSSR count). The smallest absolute Gasteiger partial charge is 0.251 e. The molecule has 182 valence electrons. The molecule has 3 aromatic rings. The minimum Gasteiger partial charge on any atom is -0.369 e. The molecule has 1 atom stereocenters. The van der Waals surface area contributed by atoms with E-state index in [9.17, 15) is 13.2 Å². The number of benzene rings is 3. The first-order valence-electron chi connectivity index (χ1n) is 12.2. The van der Waals surface area contributed by atoms with E-state index < -0.39 is 10.0 Å². The van der Waals surface area contributed by atoms with E-state index in [2.05, 4.69) is 34.5 Å². The van der Waals surface area contributed by atoms with Crippen LogP contribution in [0.5, 0.6) is 0 Å². The lowest BCUT2D eigenvalue weighted by molar-refractivity contribution is 0.0931. The summed E-state index contributed by atoms with van der Waals surface area (Å²) < 4.78 is 28.3. The highest BCUT2D eigenvalue weighted by Gasteiger charge is 2.34. The molecular weight excluding hydrogens is 458 g/mol. The number of nitrogens with one attached hydrogen (secondary N) is 1. The van der Waals surface area contributed by atoms with E-state index in [0.29, 0.717) is 37.7 Å². The van der Waals surface area contributed by atoms with Gasteiger partial charge in [0.15, 0.2) is 0 Å². The van der Waals surface area contributed by atoms with E-state index in [1.165, 1.54) is 15.9 Å². The Morgan fingerprint density at radius 2 is 1.57 bits per heavy atom. The Hall–Kier alpha value is -3.16. The van der Waals surface area contributed by atoms with E-state index in [-0.39, 0.29) is 16.8 Å². The van der Waals surface area contributed by atoms with Crippen LogP contribution in [-0.2, 0) is 10.0 Å². The fourth-order valence-electron chi connectivity index (χ4n) is 4.67. The lowest BCUT2D eigenvalue weighted by Crippen LogP contribution is -2.48. The topological polar surface area (TPSA) is 69.7 Å². The predicted molar refractivity (Wildman–Crippen MR) is 138 cm³/mol. The number of rotatable bonds is 7. The van der Waals surface area contributed by atoms with Crippen LogP contribution >= 0.6 is 0 Å². The Kier molecular flexibility index (Phi) is 6.62. The number of amides is 1. The van der Waals surface area contributed by atoms with Crippen LogP contribution in [0.1, 0.15) is 40.4 Å². The van der Waals surface area contributed by atoms with Gasteiger partial charge in [-0.15, -0.1) is 0 Å². The molecule has 1 aliphatic carbocycles. The second-order valence-corrected chi connectivity index (χ2v) is 11.4. The first-order chi connectivity index (χ1) is 16.9. The molecule has 1 N–H and O–H groups in total. The molecule has 1 heterocycles. The molecule has 0 aromatic heterocycles. The summed E-state index contributed by atoms with van der Waals surface area (Å²) in [5, 5.41) is 3.16. The maximum Gasteiger partial charge on any atom is 0.251 e. The number of carbonyl (C=O) groups is 1. The molecule has 1 saturated carbocycles. The number of carbonyl (C=O) groups excluding carboxylic acids is 1. The molecule has 7 heteroatoms. The fraction of sp³-hybridized carbons (Fsp3) is 0.321. The molecule has 0 spiro atoms. The van der Waals surface area contributed by atoms with E-state index in [0.717, 1.165) is 24.1 Å². The number of hydrogen-bond donors (Lipinski definition) is 1. The van der Waals surface area contributed by atoms with Crippen LogP contribution in [0, 0.1) is 12.8 Å². The highest BCUT2D eigenvalue weighted by molar-refractivity contribution is 7.89. The maximum atomic E-state index is 13.4. The third kappa shape index (κ3) is 5.26.